The number of benzene rings is 3. The predicted octanol–water partition coefficient (Wildman–Crippen LogP) is 7.30. The normalized spacial score (nSPS) is 15.8. The van der Waals surface area contributed by atoms with Gasteiger partial charge in [0.05, 0.1) is 64.4 Å². The van der Waals surface area contributed by atoms with Crippen molar-refractivity contribution >= 4 is 52.2 Å². The summed E-state index contributed by atoms with van der Waals surface area (Å²) in [5, 5.41) is 32.4. The molecule has 0 radical (unpaired) electrons. The summed E-state index contributed by atoms with van der Waals surface area (Å²) in [4.78, 5) is 91.7. The molecule has 5 amide bonds. The topological polar surface area (TPSA) is 248 Å². The Bertz CT molecular complexity index is 3250. The molecule has 2 fully saturated rings. The first-order valence-corrected chi connectivity index (χ1v) is 28.1. The smallest absolute Gasteiger partial charge is 0.274 e. The average molecular weight is 1120 g/mol. The van der Waals surface area contributed by atoms with Gasteiger partial charge >= 0.3 is 0 Å². The molecule has 5 heterocycles. The van der Waals surface area contributed by atoms with Gasteiger partial charge in [-0.2, -0.15) is 5.26 Å². The Labute approximate surface area is 475 Å². The zero-order valence-electron chi connectivity index (χ0n) is 46.3. The molecule has 81 heavy (non-hydrogen) atoms. The molecule has 0 bridgehead atoms. The number of β-amino-alcohol motifs (C(OH)–C–C–N with tert-alkyl or cyclic N) is 1. The van der Waals surface area contributed by atoms with Gasteiger partial charge in [0, 0.05) is 82.8 Å². The summed E-state index contributed by atoms with van der Waals surface area (Å²) in [6.45, 7) is 10.7. The number of carbonyl (C=O) groups excluding carboxylic acids is 5. The Morgan fingerprint density at radius 3 is 2.38 bits per heavy atom. The number of piperazine rings is 1. The van der Waals surface area contributed by atoms with Gasteiger partial charge in [-0.25, -0.2) is 19.3 Å². The van der Waals surface area contributed by atoms with Crippen LogP contribution >= 0.6 is 11.3 Å². The van der Waals surface area contributed by atoms with E-state index in [2.05, 4.69) is 57.1 Å². The molecular formula is C60H69FN12O7S. The van der Waals surface area contributed by atoms with E-state index in [1.54, 1.807) is 48.0 Å². The van der Waals surface area contributed by atoms with E-state index in [0.29, 0.717) is 61.6 Å². The van der Waals surface area contributed by atoms with E-state index in [1.165, 1.54) is 36.4 Å². The maximum Gasteiger partial charge on any atom is 0.274 e. The number of pyridine rings is 1. The Hall–Kier alpha value is -8.19. The lowest BCUT2D eigenvalue weighted by Crippen LogP contribution is -2.57. The van der Waals surface area contributed by atoms with Crippen molar-refractivity contribution in [3.8, 4) is 44.8 Å². The van der Waals surface area contributed by atoms with Crippen molar-refractivity contribution in [3.05, 3.63) is 125 Å². The Balaban J connectivity index is 0.761. The molecule has 0 spiro atoms. The number of nitrogens with zero attached hydrogens (tertiary/aromatic N) is 8. The van der Waals surface area contributed by atoms with Crippen molar-refractivity contribution in [1.82, 2.24) is 45.7 Å². The molecule has 0 aliphatic carbocycles. The van der Waals surface area contributed by atoms with Crippen molar-refractivity contribution in [1.29, 1.82) is 5.26 Å². The number of amides is 5. The number of anilines is 2. The van der Waals surface area contributed by atoms with Crippen LogP contribution in [0.25, 0.3) is 33.0 Å². The van der Waals surface area contributed by atoms with Crippen molar-refractivity contribution in [2.75, 3.05) is 63.1 Å². The second-order valence-electron chi connectivity index (χ2n) is 21.4. The number of halogens is 1. The Kier molecular flexibility index (Phi) is 19.9. The zero-order chi connectivity index (χ0) is 57.6. The maximum atomic E-state index is 15.0. The number of hydrogen-bond donors (Lipinski definition) is 5. The lowest BCUT2D eigenvalue weighted by Gasteiger charge is -2.36. The van der Waals surface area contributed by atoms with Crippen molar-refractivity contribution < 1.29 is 38.2 Å². The molecule has 8 rings (SSSR count). The van der Waals surface area contributed by atoms with Crippen LogP contribution in [0.3, 0.4) is 0 Å². The number of carbonyl (C=O) groups is 5. The minimum absolute atomic E-state index is 0.00439. The number of unbranched alkanes of at least 4 members (excludes halogenated alkanes) is 4. The molecule has 3 aromatic carbocycles. The summed E-state index contributed by atoms with van der Waals surface area (Å²) in [5.74, 6) is -2.04. The fourth-order valence-corrected chi connectivity index (χ4v) is 10.9. The number of aryl methyl sites for hydroxylation is 1. The van der Waals surface area contributed by atoms with E-state index in [0.717, 1.165) is 52.9 Å². The highest BCUT2D eigenvalue weighted by molar-refractivity contribution is 7.13. The van der Waals surface area contributed by atoms with Crippen LogP contribution in [0.5, 0.6) is 5.75 Å². The number of aliphatic hydroxyl groups is 1. The van der Waals surface area contributed by atoms with Gasteiger partial charge in [-0.3, -0.25) is 33.9 Å². The second kappa shape index (κ2) is 27.3. The summed E-state index contributed by atoms with van der Waals surface area (Å²) in [6.07, 6.45) is 7.91. The number of hydrogen-bond acceptors (Lipinski definition) is 15. The summed E-state index contributed by atoms with van der Waals surface area (Å²) in [7, 11) is 1.41. The highest BCUT2D eigenvalue weighted by atomic mass is 32.1. The molecule has 0 unspecified atom stereocenters. The molecule has 19 nitrogen and oxygen atoms in total. The number of aromatic nitrogens is 4. The molecule has 2 aliphatic heterocycles. The number of ether oxygens (including phenoxy) is 1. The van der Waals surface area contributed by atoms with Crippen LogP contribution in [-0.4, -0.2) is 135 Å². The van der Waals surface area contributed by atoms with Crippen LogP contribution < -0.4 is 30.9 Å². The molecule has 0 saturated carbocycles. The third-order valence-corrected chi connectivity index (χ3v) is 15.5. The SMILES string of the molecule is COc1cccc(F)c1-c1nccc(C(=O)Nc2ccc(-c3cnccc3C#N)cc2N2CCN(CC(=O)NCCCCCCCC(=O)N[C@H](C(=O)N3C[C@H](O)C[C@H]3C(=O)NCc3ccc(-c4scnc4C)cc3)C(C)(C)C)CC2)n1. The van der Waals surface area contributed by atoms with Crippen LogP contribution in [0.1, 0.15) is 93.0 Å². The number of thiazole rings is 1. The Morgan fingerprint density at radius 2 is 1.65 bits per heavy atom. The number of nitriles is 1. The number of aliphatic hydroxyl groups excluding tert-OH is 1. The lowest BCUT2D eigenvalue weighted by atomic mass is 9.85. The second-order valence-corrected chi connectivity index (χ2v) is 22.2. The quantitative estimate of drug-likeness (QED) is 0.0419. The largest absolute Gasteiger partial charge is 0.496 e. The monoisotopic (exact) mass is 1120 g/mol. The predicted molar refractivity (Wildman–Crippen MR) is 307 cm³/mol. The van der Waals surface area contributed by atoms with Crippen molar-refractivity contribution in [2.24, 2.45) is 5.41 Å². The summed E-state index contributed by atoms with van der Waals surface area (Å²) < 4.78 is 20.3. The first kappa shape index (κ1) is 58.9. The Morgan fingerprint density at radius 1 is 0.901 bits per heavy atom. The minimum atomic E-state index is -0.906. The van der Waals surface area contributed by atoms with Gasteiger partial charge in [-0.05, 0) is 78.3 Å². The van der Waals surface area contributed by atoms with E-state index in [-0.39, 0.29) is 73.0 Å². The van der Waals surface area contributed by atoms with Gasteiger partial charge in [0.25, 0.3) is 5.91 Å². The molecule has 6 aromatic rings. The van der Waals surface area contributed by atoms with Gasteiger partial charge in [-0.1, -0.05) is 76.4 Å². The maximum absolute atomic E-state index is 15.0. The lowest BCUT2D eigenvalue weighted by molar-refractivity contribution is -0.144. The zero-order valence-corrected chi connectivity index (χ0v) is 47.2. The third-order valence-electron chi connectivity index (χ3n) is 14.5. The number of likely N-dealkylation sites (tertiary alicyclic amines) is 1. The molecule has 2 saturated heterocycles. The van der Waals surface area contributed by atoms with Gasteiger partial charge in [-0.15, -0.1) is 11.3 Å². The van der Waals surface area contributed by atoms with E-state index < -0.39 is 41.2 Å². The molecular weight excluding hydrogens is 1050 g/mol. The molecule has 21 heteroatoms. The van der Waals surface area contributed by atoms with Crippen LogP contribution in [0.2, 0.25) is 0 Å². The molecule has 424 valence electrons. The van der Waals surface area contributed by atoms with Gasteiger partial charge < -0.3 is 40.9 Å². The molecule has 3 aromatic heterocycles. The fraction of sp³-hybridized carbons (Fsp3) is 0.400. The number of rotatable bonds is 22. The van der Waals surface area contributed by atoms with E-state index in [1.807, 2.05) is 63.5 Å². The highest BCUT2D eigenvalue weighted by Gasteiger charge is 2.44. The standard InChI is InChI=1S/C60H69FN12O7S/c1-38-54(81-37-67-38)40-17-15-39(16-18-40)33-66-58(78)49-31-43(74)35-73(49)59(79)55(60(2,3)4)70-51(75)14-9-7-6-8-10-23-64-52(76)36-71-26-28-72(29-27-71)48-30-41(44-34-63-24-21-42(44)32-62)19-20-46(48)69-57(77)47-22-25-65-56(68-47)53-45(61)12-11-13-50(53)80-5/h11-13,15-22,24-25,30,34,37,43,49,55,74H,6-10,14,23,26-29,31,33,35-36H2,1-5H3,(H,64,76)(H,66,78)(H,69,77)(H,70,75)/t43-,49+,55-/m1/s1. The third kappa shape index (κ3) is 15.2. The average Bonchev–Trinajstić information content (AvgIpc) is 4.14. The van der Waals surface area contributed by atoms with E-state index in [9.17, 15) is 38.7 Å². The highest BCUT2D eigenvalue weighted by Crippen LogP contribution is 2.35. The van der Waals surface area contributed by atoms with Gasteiger partial charge in [0.15, 0.2) is 5.82 Å². The van der Waals surface area contributed by atoms with Crippen molar-refractivity contribution in [2.45, 2.75) is 97.4 Å². The van der Waals surface area contributed by atoms with Crippen LogP contribution in [0.15, 0.2) is 96.9 Å². The molecule has 3 atom stereocenters. The van der Waals surface area contributed by atoms with Gasteiger partial charge in [0.1, 0.15) is 29.3 Å². The first-order valence-electron chi connectivity index (χ1n) is 27.3. The van der Waals surface area contributed by atoms with Crippen LogP contribution in [0, 0.1) is 29.5 Å². The summed E-state index contributed by atoms with van der Waals surface area (Å²) >= 11 is 1.57. The van der Waals surface area contributed by atoms with Crippen LogP contribution in [0.4, 0.5) is 15.8 Å². The molecule has 5 N–H and O–H groups in total. The van der Waals surface area contributed by atoms with E-state index >= 15 is 0 Å². The first-order chi connectivity index (χ1) is 39.0. The minimum Gasteiger partial charge on any atom is -0.496 e. The number of nitrogens with one attached hydrogen (secondary N) is 4. The van der Waals surface area contributed by atoms with Crippen LogP contribution in [-0.2, 0) is 25.7 Å². The summed E-state index contributed by atoms with van der Waals surface area (Å²) in [6, 6.07) is 21.2. The number of methoxy groups -OCH3 is 1. The summed E-state index contributed by atoms with van der Waals surface area (Å²) in [5.41, 5.74) is 7.06. The molecule has 2 aliphatic rings. The van der Waals surface area contributed by atoms with Crippen molar-refractivity contribution in [3.63, 3.8) is 0 Å². The fourth-order valence-electron chi connectivity index (χ4n) is 10.1. The van der Waals surface area contributed by atoms with Gasteiger partial charge in [0.2, 0.25) is 23.6 Å². The van der Waals surface area contributed by atoms with E-state index in [4.69, 9.17) is 4.74 Å².